The van der Waals surface area contributed by atoms with E-state index in [0.29, 0.717) is 37.1 Å². The number of benzene rings is 1. The van der Waals surface area contributed by atoms with Crippen LogP contribution >= 0.6 is 8.25 Å². The number of aromatic nitrogens is 4. The molecule has 0 bridgehead atoms. The molecule has 0 aliphatic rings. The van der Waals surface area contributed by atoms with Crippen LogP contribution in [0.2, 0.25) is 0 Å². The Kier molecular flexibility index (Phi) is 6.51. The van der Waals surface area contributed by atoms with Gasteiger partial charge in [0.2, 0.25) is 0 Å². The number of nitrogens with zero attached hydrogens (tertiary/aromatic N) is 4. The van der Waals surface area contributed by atoms with Gasteiger partial charge in [-0.1, -0.05) is 30.3 Å². The third-order valence-electron chi connectivity index (χ3n) is 4.47. The van der Waals surface area contributed by atoms with Gasteiger partial charge < -0.3 is 4.57 Å². The summed E-state index contributed by atoms with van der Waals surface area (Å²) in [5.41, 5.74) is 1.01. The third-order valence-corrected chi connectivity index (χ3v) is 4.88. The SMILES string of the molecule is CCn1c(=O)n(CCCCO[P+](=O)O)c(=O)c2c1ncn2Cc1ccccc1. The minimum absolute atomic E-state index is 0.0939. The number of rotatable bonds is 9. The maximum Gasteiger partial charge on any atom is 0.694 e. The number of hydrogen-bond donors (Lipinski definition) is 1. The largest absolute Gasteiger partial charge is 0.694 e. The molecule has 0 aliphatic heterocycles. The molecule has 1 N–H and O–H groups in total. The molecule has 3 aromatic rings. The summed E-state index contributed by atoms with van der Waals surface area (Å²) in [4.78, 5) is 38.7. The van der Waals surface area contributed by atoms with E-state index in [1.165, 1.54) is 9.13 Å². The molecule has 9 nitrogen and oxygen atoms in total. The zero-order valence-corrected chi connectivity index (χ0v) is 16.4. The molecule has 148 valence electrons. The molecule has 2 aromatic heterocycles. The Hall–Kier alpha value is -2.61. The minimum Gasteiger partial charge on any atom is -0.320 e. The van der Waals surface area contributed by atoms with Gasteiger partial charge in [0.05, 0.1) is 6.33 Å². The van der Waals surface area contributed by atoms with Crippen LogP contribution in [0.1, 0.15) is 25.3 Å². The van der Waals surface area contributed by atoms with Gasteiger partial charge in [-0.25, -0.2) is 9.78 Å². The molecule has 0 fully saturated rings. The number of hydrogen-bond acceptors (Lipinski definition) is 5. The Morgan fingerprint density at radius 3 is 2.57 bits per heavy atom. The molecule has 1 unspecified atom stereocenters. The first-order chi connectivity index (χ1) is 13.5. The molecule has 0 saturated carbocycles. The van der Waals surface area contributed by atoms with E-state index in [9.17, 15) is 14.2 Å². The first kappa shape index (κ1) is 20.1. The molecular formula is C18H22N4O5P+. The second-order valence-electron chi connectivity index (χ2n) is 6.29. The van der Waals surface area contributed by atoms with Gasteiger partial charge in [-0.05, 0) is 25.3 Å². The van der Waals surface area contributed by atoms with Crippen molar-refractivity contribution >= 4 is 19.4 Å². The highest BCUT2D eigenvalue weighted by molar-refractivity contribution is 7.32. The van der Waals surface area contributed by atoms with Crippen molar-refractivity contribution in [2.75, 3.05) is 6.61 Å². The first-order valence-corrected chi connectivity index (χ1v) is 10.2. The van der Waals surface area contributed by atoms with E-state index in [0.717, 1.165) is 5.56 Å². The highest BCUT2D eigenvalue weighted by atomic mass is 31.1. The van der Waals surface area contributed by atoms with Gasteiger partial charge >= 0.3 is 13.9 Å². The monoisotopic (exact) mass is 405 g/mol. The van der Waals surface area contributed by atoms with Gasteiger partial charge in [0.25, 0.3) is 5.56 Å². The van der Waals surface area contributed by atoms with E-state index >= 15 is 0 Å². The van der Waals surface area contributed by atoms with Crippen molar-refractivity contribution in [3.05, 3.63) is 63.1 Å². The number of aryl methyl sites for hydroxylation is 1. The molecule has 0 saturated heterocycles. The Bertz CT molecular complexity index is 1090. The number of imidazole rings is 1. The maximum absolute atomic E-state index is 13.0. The van der Waals surface area contributed by atoms with Crippen LogP contribution in [-0.2, 0) is 28.7 Å². The normalized spacial score (nSPS) is 11.9. The molecular weight excluding hydrogens is 383 g/mol. The molecule has 10 heteroatoms. The minimum atomic E-state index is -2.63. The van der Waals surface area contributed by atoms with Crippen molar-refractivity contribution in [1.29, 1.82) is 0 Å². The van der Waals surface area contributed by atoms with E-state index in [1.54, 1.807) is 10.9 Å². The van der Waals surface area contributed by atoms with Gasteiger partial charge in [0.1, 0.15) is 6.61 Å². The summed E-state index contributed by atoms with van der Waals surface area (Å²) in [5, 5.41) is 0. The first-order valence-electron chi connectivity index (χ1n) is 9.04. The summed E-state index contributed by atoms with van der Waals surface area (Å²) < 4.78 is 19.6. The van der Waals surface area contributed by atoms with Crippen molar-refractivity contribution in [2.45, 2.75) is 39.4 Å². The van der Waals surface area contributed by atoms with E-state index in [4.69, 9.17) is 4.89 Å². The van der Waals surface area contributed by atoms with Crippen LogP contribution in [0.4, 0.5) is 0 Å². The fourth-order valence-corrected chi connectivity index (χ4v) is 3.42. The Morgan fingerprint density at radius 1 is 1.14 bits per heavy atom. The molecule has 1 atom stereocenters. The van der Waals surface area contributed by atoms with E-state index in [-0.39, 0.29) is 18.7 Å². The second-order valence-corrected chi connectivity index (χ2v) is 7.03. The topological polar surface area (TPSA) is 108 Å². The zero-order valence-electron chi connectivity index (χ0n) is 15.5. The Labute approximate surface area is 161 Å². The summed E-state index contributed by atoms with van der Waals surface area (Å²) in [5.74, 6) is 0. The number of unbranched alkanes of at least 4 members (excludes halogenated alkanes) is 1. The lowest BCUT2D eigenvalue weighted by atomic mass is 10.2. The summed E-state index contributed by atoms with van der Waals surface area (Å²) in [6, 6.07) is 9.71. The highest BCUT2D eigenvalue weighted by Crippen LogP contribution is 2.15. The van der Waals surface area contributed by atoms with Crippen LogP contribution in [0.15, 0.2) is 46.2 Å². The van der Waals surface area contributed by atoms with E-state index < -0.39 is 13.9 Å². The lowest BCUT2D eigenvalue weighted by Crippen LogP contribution is -2.40. The molecule has 3 rings (SSSR count). The lowest BCUT2D eigenvalue weighted by Gasteiger charge is -2.11. The third kappa shape index (κ3) is 4.27. The summed E-state index contributed by atoms with van der Waals surface area (Å²) in [6.45, 7) is 3.00. The summed E-state index contributed by atoms with van der Waals surface area (Å²) in [6.07, 6.45) is 2.52. The van der Waals surface area contributed by atoms with Gasteiger partial charge in [-0.3, -0.25) is 13.9 Å². The predicted octanol–water partition coefficient (Wildman–Crippen LogP) is 1.87. The maximum atomic E-state index is 13.0. The van der Waals surface area contributed by atoms with Crippen molar-refractivity contribution < 1.29 is 14.0 Å². The average molecular weight is 405 g/mol. The van der Waals surface area contributed by atoms with Crippen LogP contribution in [0.5, 0.6) is 0 Å². The average Bonchev–Trinajstić information content (AvgIpc) is 3.08. The predicted molar refractivity (Wildman–Crippen MR) is 104 cm³/mol. The highest BCUT2D eigenvalue weighted by Gasteiger charge is 2.17. The van der Waals surface area contributed by atoms with Gasteiger partial charge in [0, 0.05) is 24.2 Å². The van der Waals surface area contributed by atoms with Crippen LogP contribution in [-0.4, -0.2) is 30.2 Å². The molecule has 0 amide bonds. The van der Waals surface area contributed by atoms with Gasteiger partial charge in [0.15, 0.2) is 11.2 Å². The fourth-order valence-electron chi connectivity index (χ4n) is 3.14. The number of fused-ring (bicyclic) bond motifs is 1. The van der Waals surface area contributed by atoms with Crippen molar-refractivity contribution in [3.63, 3.8) is 0 Å². The summed E-state index contributed by atoms with van der Waals surface area (Å²) >= 11 is 0. The molecule has 0 spiro atoms. The van der Waals surface area contributed by atoms with Crippen LogP contribution in [0.25, 0.3) is 11.2 Å². The molecule has 0 radical (unpaired) electrons. The Morgan fingerprint density at radius 2 is 1.89 bits per heavy atom. The van der Waals surface area contributed by atoms with E-state index in [1.807, 2.05) is 37.3 Å². The lowest BCUT2D eigenvalue weighted by molar-refractivity contribution is 0.272. The van der Waals surface area contributed by atoms with Crippen LogP contribution in [0, 0.1) is 0 Å². The van der Waals surface area contributed by atoms with Crippen molar-refractivity contribution in [1.82, 2.24) is 18.7 Å². The Balaban J connectivity index is 1.95. The quantitative estimate of drug-likeness (QED) is 0.430. The fraction of sp³-hybridized carbons (Fsp3) is 0.389. The second kappa shape index (κ2) is 9.05. The van der Waals surface area contributed by atoms with Crippen LogP contribution in [0.3, 0.4) is 0 Å². The van der Waals surface area contributed by atoms with Gasteiger partial charge in [-0.15, -0.1) is 9.42 Å². The van der Waals surface area contributed by atoms with E-state index in [2.05, 4.69) is 9.51 Å². The van der Waals surface area contributed by atoms with Gasteiger partial charge in [-0.2, -0.15) is 0 Å². The van der Waals surface area contributed by atoms with Crippen molar-refractivity contribution in [3.8, 4) is 0 Å². The smallest absolute Gasteiger partial charge is 0.320 e. The van der Waals surface area contributed by atoms with Crippen LogP contribution < -0.4 is 11.2 Å². The standard InChI is InChI=1S/C18H21N4O5P/c1-2-21-16-15(20(13-19-16)12-14-8-4-3-5-9-14)17(23)22(18(21)24)10-6-7-11-27-28(25)26/h3-5,8-9,13H,2,6-7,10-12H2,1H3/p+1. The zero-order chi connectivity index (χ0) is 20.1. The van der Waals surface area contributed by atoms with Crippen molar-refractivity contribution in [2.24, 2.45) is 0 Å². The molecule has 2 heterocycles. The molecule has 0 aliphatic carbocycles. The molecule has 28 heavy (non-hydrogen) atoms. The molecule has 1 aromatic carbocycles. The summed E-state index contributed by atoms with van der Waals surface area (Å²) in [7, 11) is -2.63.